The van der Waals surface area contributed by atoms with E-state index in [1.807, 2.05) is 172 Å². The number of terminal acetylenes is 1. The first-order chi connectivity index (χ1) is 60.0. The fourth-order valence-corrected chi connectivity index (χ4v) is 18.6. The lowest BCUT2D eigenvalue weighted by atomic mass is 9.75. The molecule has 1 unspecified atom stereocenters. The van der Waals surface area contributed by atoms with Gasteiger partial charge < -0.3 is 27.8 Å². The van der Waals surface area contributed by atoms with Crippen LogP contribution in [0, 0.1) is 88.8 Å². The summed E-state index contributed by atoms with van der Waals surface area (Å²) in [7, 11) is 8.30. The first kappa shape index (κ1) is 91.1. The zero-order valence-electron chi connectivity index (χ0n) is 73.4. The minimum absolute atomic E-state index is 0.00491. The van der Waals surface area contributed by atoms with Crippen LogP contribution in [0.25, 0.3) is 54.8 Å². The van der Waals surface area contributed by atoms with E-state index in [4.69, 9.17) is 39.8 Å². The molecule has 28 heteroatoms. The predicted molar refractivity (Wildman–Crippen MR) is 501 cm³/mol. The van der Waals surface area contributed by atoms with Gasteiger partial charge >= 0.3 is 0 Å². The minimum Gasteiger partial charge on any atom is -0.369 e. The number of guanidine groups is 4. The predicted octanol–water partition coefficient (Wildman–Crippen LogP) is 14.0. The maximum atomic E-state index is 13.0. The van der Waals surface area contributed by atoms with Crippen LogP contribution in [0.4, 0.5) is 0 Å². The van der Waals surface area contributed by atoms with Crippen LogP contribution in [-0.2, 0) is 51.5 Å². The normalized spacial score (nSPS) is 22.4. The Morgan fingerprint density at radius 1 is 0.437 bits per heavy atom. The van der Waals surface area contributed by atoms with Gasteiger partial charge in [-0.25, -0.2) is 29.9 Å². The number of hydrogen-bond acceptors (Lipinski definition) is 23. The summed E-state index contributed by atoms with van der Waals surface area (Å²) in [5.74, 6) is 27.2. The van der Waals surface area contributed by atoms with Crippen LogP contribution >= 0.6 is 34.0 Å². The van der Waals surface area contributed by atoms with Crippen LogP contribution in [0.15, 0.2) is 190 Å². The smallest absolute Gasteiger partial charge is 0.235 e. The molecule has 6 aliphatic rings. The quantitative estimate of drug-likeness (QED) is 0.0751. The van der Waals surface area contributed by atoms with Gasteiger partial charge in [-0.2, -0.15) is 0 Å². The van der Waals surface area contributed by atoms with Crippen LogP contribution in [0.3, 0.4) is 0 Å². The molecule has 25 nitrogen and oxygen atoms in total. The number of thiazole rings is 2. The number of thiophene rings is 1. The summed E-state index contributed by atoms with van der Waals surface area (Å²) in [4.78, 5) is 117. The van der Waals surface area contributed by atoms with E-state index in [1.54, 1.807) is 103 Å². The number of piperidine rings is 1. The molecule has 1 saturated carbocycles. The monoisotopic (exact) mass is 1730 g/mol. The highest BCUT2D eigenvalue weighted by molar-refractivity contribution is 7.15. The number of benzene rings is 3. The zero-order valence-corrected chi connectivity index (χ0v) is 75.8. The lowest BCUT2D eigenvalue weighted by Gasteiger charge is -2.41. The highest BCUT2D eigenvalue weighted by Gasteiger charge is 2.54. The summed E-state index contributed by atoms with van der Waals surface area (Å²) in [6.45, 7) is 20.8. The van der Waals surface area contributed by atoms with Crippen molar-refractivity contribution < 1.29 is 24.0 Å². The molecule has 1 saturated heterocycles. The third kappa shape index (κ3) is 19.5. The standard InChI is InChI=1S/C23H24N4O.C19H19N5O.2C19H20N4OS.C18H17N3OS/c1-4-6-15-7-5-8-17(13-15)19-14-18(11-12-25-19)23(2)20(16-9-10-16)21(28)27(3)22(24)26-23;1-4-5-13-8-14(12-21-11-13)16-9-15(6-7-22-16)19(2)10-17(25)24(3)18(20)23-19;2*1-5-7-13-8-6-9-14(10-13)16-21-11-15(25-16)19(3)12(2)17(24)23(4)18(20)22-19;1-4-12-5-13(10-20-9-12)14-6-15(23-11-14)18(2)7-16(19)21(3)17(22)8-18/h5,7-8,11-14,16,20H,9-10H2,1-3H3,(H2,24,26);6-9,11-12H,10H2,1-3H3,(H2,20,23);2*6,8-12H,1-4H3,(H2,20,22);1,5-6,9-11,19H,7-8H2,2-3H3/t20-,23+;19-;12?,19-;12-,19-;18-/m00000/s1. The van der Waals surface area contributed by atoms with Crippen molar-refractivity contribution in [2.75, 3.05) is 35.2 Å². The van der Waals surface area contributed by atoms with E-state index in [0.29, 0.717) is 24.6 Å². The lowest BCUT2D eigenvalue weighted by Crippen LogP contribution is -2.54. The van der Waals surface area contributed by atoms with Crippen molar-refractivity contribution in [2.24, 2.45) is 66.6 Å². The Kier molecular flexibility index (Phi) is 27.4. The maximum Gasteiger partial charge on any atom is 0.235 e. The number of carbonyl (C=O) groups is 5. The average molecular weight is 1730 g/mol. The van der Waals surface area contributed by atoms with E-state index in [9.17, 15) is 24.0 Å². The SMILES string of the molecule is C#Cc1cncc(-c2csc([C@@]3(C)CC(=N)N(C)C(=O)C3)c2)c1.CC#Cc1cccc(-c2cc([C@@]3(C)N=C(N)N(C)C(=O)[C@@H]3C3CC3)ccn2)c1.CC#Cc1cccc(-c2ncc([C@@]3(C)N=C(N)N(C)C(=O)C3C)s2)c1.CC#Cc1cccc(-c2ncc([C@@]3(C)N=C(N)N(C)C(=O)[C@@H]3C)s2)c1.CC#Cc1cncc(-c2cc([C@]3(C)CC(=O)N(C)C(N)=N3)ccn2)c1. The van der Waals surface area contributed by atoms with Gasteiger partial charge in [0.15, 0.2) is 23.8 Å². The first-order valence-electron chi connectivity index (χ1n) is 40.7. The number of aliphatic imine (C=N–C) groups is 4. The molecule has 126 heavy (non-hydrogen) atoms. The summed E-state index contributed by atoms with van der Waals surface area (Å²) in [6.07, 6.45) is 22.8. The van der Waals surface area contributed by atoms with Gasteiger partial charge in [-0.05, 0) is 175 Å². The van der Waals surface area contributed by atoms with Crippen LogP contribution in [0.5, 0.6) is 0 Å². The van der Waals surface area contributed by atoms with Crippen LogP contribution in [0.1, 0.15) is 162 Å². The third-order valence-electron chi connectivity index (χ3n) is 23.6. The molecule has 10 aromatic rings. The Morgan fingerprint density at radius 2 is 0.873 bits per heavy atom. The van der Waals surface area contributed by atoms with Crippen LogP contribution in [-0.4, -0.2) is 149 Å². The molecule has 5 amide bonds. The Labute approximate surface area is 748 Å². The molecular formula is C98H100N20O5S3. The second-order valence-electron chi connectivity index (χ2n) is 32.4. The van der Waals surface area contributed by atoms with E-state index in [2.05, 4.69) is 117 Å². The Bertz CT molecular complexity index is 6230. The fraction of sp³-hybridized carbons (Fsp3) is 0.306. The second kappa shape index (κ2) is 38.0. The van der Waals surface area contributed by atoms with Crippen molar-refractivity contribution in [2.45, 2.75) is 136 Å². The number of amidine groups is 1. The topological polar surface area (TPSA) is 356 Å². The number of hydrogen-bond donors (Lipinski definition) is 5. The van der Waals surface area contributed by atoms with Gasteiger partial charge in [-0.15, -0.1) is 64.1 Å². The van der Waals surface area contributed by atoms with Gasteiger partial charge in [0.2, 0.25) is 29.5 Å². The summed E-state index contributed by atoms with van der Waals surface area (Å²) in [5, 5.41) is 11.8. The molecule has 0 radical (unpaired) electrons. The number of rotatable bonds is 11. The van der Waals surface area contributed by atoms with Crippen molar-refractivity contribution in [3.05, 3.63) is 224 Å². The molecule has 3 aromatic carbocycles. The largest absolute Gasteiger partial charge is 0.369 e. The number of amides is 5. The molecule has 2 fully saturated rings. The number of carbonyl (C=O) groups excluding carboxylic acids is 5. The number of pyridine rings is 4. The first-order valence-corrected chi connectivity index (χ1v) is 43.2. The number of nitrogens with one attached hydrogen (secondary N) is 1. The number of nitrogens with two attached hydrogens (primary N) is 4. The van der Waals surface area contributed by atoms with Crippen molar-refractivity contribution >= 4 is 93.2 Å². The van der Waals surface area contributed by atoms with E-state index < -0.39 is 22.2 Å². The molecule has 0 bridgehead atoms. The van der Waals surface area contributed by atoms with E-state index in [0.717, 1.165) is 121 Å². The van der Waals surface area contributed by atoms with E-state index in [-0.39, 0.29) is 83.0 Å². The summed E-state index contributed by atoms with van der Waals surface area (Å²) < 4.78 is 0. The minimum atomic E-state index is -0.709. The van der Waals surface area contributed by atoms with Gasteiger partial charge in [0.1, 0.15) is 26.9 Å². The summed E-state index contributed by atoms with van der Waals surface area (Å²) >= 11 is 4.69. The number of aromatic nitrogens is 6. The van der Waals surface area contributed by atoms with Gasteiger partial charge in [0.05, 0.1) is 56.4 Å². The van der Waals surface area contributed by atoms with Crippen molar-refractivity contribution in [3.63, 3.8) is 0 Å². The van der Waals surface area contributed by atoms with Gasteiger partial charge in [0.25, 0.3) is 0 Å². The molecule has 1 aliphatic carbocycles. The zero-order chi connectivity index (χ0) is 90.9. The molecule has 8 atom stereocenters. The lowest BCUT2D eigenvalue weighted by molar-refractivity contribution is -0.135. The van der Waals surface area contributed by atoms with Gasteiger partial charge in [-0.3, -0.25) is 68.9 Å². The Hall–Kier alpha value is -14.1. The molecular weight excluding hydrogens is 1630 g/mol. The third-order valence-corrected chi connectivity index (χ3v) is 27.3. The van der Waals surface area contributed by atoms with Crippen molar-refractivity contribution in [1.82, 2.24) is 54.4 Å². The van der Waals surface area contributed by atoms with Gasteiger partial charge in [-0.1, -0.05) is 86.8 Å². The molecule has 12 heterocycles. The fourth-order valence-electron chi connectivity index (χ4n) is 15.4. The molecule has 5 aliphatic heterocycles. The number of likely N-dealkylation sites (tertiary alicyclic amines) is 1. The van der Waals surface area contributed by atoms with Gasteiger partial charge in [0, 0.05) is 164 Å². The highest BCUT2D eigenvalue weighted by Crippen LogP contribution is 2.51. The van der Waals surface area contributed by atoms with Crippen molar-refractivity contribution in [3.8, 4) is 114 Å². The highest BCUT2D eigenvalue weighted by atomic mass is 32.1. The average Bonchev–Trinajstić information content (AvgIpc) is 1.57. The Balaban J connectivity index is 0.000000143. The molecule has 16 rings (SSSR count). The van der Waals surface area contributed by atoms with E-state index >= 15 is 0 Å². The molecule has 0 spiro atoms. The molecule has 9 N–H and O–H groups in total. The second-order valence-corrected chi connectivity index (χ2v) is 35.4. The maximum absolute atomic E-state index is 13.0. The summed E-state index contributed by atoms with van der Waals surface area (Å²) in [5.41, 5.74) is 34.5. The number of nitrogens with zero attached hydrogens (tertiary/aromatic N) is 15. The molecule has 7 aromatic heterocycles. The van der Waals surface area contributed by atoms with Crippen molar-refractivity contribution in [1.29, 1.82) is 5.41 Å². The molecule has 640 valence electrons. The van der Waals surface area contributed by atoms with Crippen LogP contribution < -0.4 is 22.9 Å². The Morgan fingerprint density at radius 3 is 1.38 bits per heavy atom. The van der Waals surface area contributed by atoms with E-state index in [1.165, 1.54) is 47.2 Å². The summed E-state index contributed by atoms with van der Waals surface area (Å²) in [6, 6.07) is 37.7. The van der Waals surface area contributed by atoms with Crippen LogP contribution in [0.2, 0.25) is 0 Å².